The first-order valence-electron chi connectivity index (χ1n) is 7.13. The van der Waals surface area contributed by atoms with Gasteiger partial charge in [-0.2, -0.15) is 0 Å². The van der Waals surface area contributed by atoms with Crippen LogP contribution in [-0.2, 0) is 19.1 Å². The number of nitro benzene ring substituents is 1. The highest BCUT2D eigenvalue weighted by Crippen LogP contribution is 2.39. The van der Waals surface area contributed by atoms with Gasteiger partial charge in [-0.3, -0.25) is 10.1 Å². The number of aliphatic hydroxyl groups excluding tert-OH is 1. The number of hydrogen-bond acceptors (Lipinski definition) is 8. The highest BCUT2D eigenvalue weighted by Gasteiger charge is 2.39. The van der Waals surface area contributed by atoms with Crippen LogP contribution < -0.4 is 5.32 Å². The number of non-ortho nitro benzene ring substituents is 1. The van der Waals surface area contributed by atoms with Crippen molar-refractivity contribution in [3.8, 4) is 0 Å². The Labute approximate surface area is 142 Å². The first kappa shape index (κ1) is 18.0. The summed E-state index contributed by atoms with van der Waals surface area (Å²) in [6.45, 7) is 1.51. The number of rotatable bonds is 4. The fourth-order valence-corrected chi connectivity index (χ4v) is 2.67. The molecule has 9 heteroatoms. The number of carbonyl (C=O) groups excluding carboxylic acids is 2. The molecule has 1 atom stereocenters. The van der Waals surface area contributed by atoms with E-state index in [0.29, 0.717) is 0 Å². The smallest absolute Gasteiger partial charge is 0.340 e. The summed E-state index contributed by atoms with van der Waals surface area (Å²) >= 11 is 0. The third kappa shape index (κ3) is 3.30. The van der Waals surface area contributed by atoms with Crippen LogP contribution in [0.1, 0.15) is 18.4 Å². The van der Waals surface area contributed by atoms with Crippen molar-refractivity contribution < 1.29 is 29.1 Å². The molecule has 1 unspecified atom stereocenters. The largest absolute Gasteiger partial charge is 0.494 e. The summed E-state index contributed by atoms with van der Waals surface area (Å²) in [6.07, 6.45) is 0. The van der Waals surface area contributed by atoms with Crippen molar-refractivity contribution in [1.82, 2.24) is 5.32 Å². The van der Waals surface area contributed by atoms with Gasteiger partial charge in [0.25, 0.3) is 5.69 Å². The van der Waals surface area contributed by atoms with Crippen molar-refractivity contribution >= 4 is 17.6 Å². The number of nitro groups is 1. The van der Waals surface area contributed by atoms with Gasteiger partial charge in [0.05, 0.1) is 30.6 Å². The second-order valence-corrected chi connectivity index (χ2v) is 5.19. The van der Waals surface area contributed by atoms with Crippen LogP contribution in [0.2, 0.25) is 0 Å². The summed E-state index contributed by atoms with van der Waals surface area (Å²) in [5.74, 6) is -3.19. The molecule has 1 aromatic rings. The SMILES string of the molecule is COC(=O)C1=C(C)NC(O)=C(C(=O)OC)C1c1cccc([N+](=O)[O-])c1. The van der Waals surface area contributed by atoms with E-state index in [9.17, 15) is 24.8 Å². The predicted molar refractivity (Wildman–Crippen MR) is 85.4 cm³/mol. The summed E-state index contributed by atoms with van der Waals surface area (Å²) in [5.41, 5.74) is 0.104. The maximum absolute atomic E-state index is 12.2. The first-order chi connectivity index (χ1) is 11.8. The Morgan fingerprint density at radius 3 is 2.36 bits per heavy atom. The zero-order valence-electron chi connectivity index (χ0n) is 13.7. The number of benzene rings is 1. The molecule has 0 bridgehead atoms. The van der Waals surface area contributed by atoms with Gasteiger partial charge in [0.1, 0.15) is 5.57 Å². The lowest BCUT2D eigenvalue weighted by atomic mass is 9.81. The number of nitrogens with one attached hydrogen (secondary N) is 1. The molecular weight excluding hydrogens is 332 g/mol. The lowest BCUT2D eigenvalue weighted by molar-refractivity contribution is -0.384. The number of allylic oxidation sites excluding steroid dienone is 1. The van der Waals surface area contributed by atoms with E-state index in [4.69, 9.17) is 4.74 Å². The summed E-state index contributed by atoms with van der Waals surface area (Å²) in [5, 5.41) is 23.7. The second-order valence-electron chi connectivity index (χ2n) is 5.19. The Hall–Kier alpha value is -3.36. The molecule has 1 aliphatic heterocycles. The van der Waals surface area contributed by atoms with Crippen molar-refractivity contribution in [2.45, 2.75) is 12.8 Å². The van der Waals surface area contributed by atoms with E-state index >= 15 is 0 Å². The van der Waals surface area contributed by atoms with Crippen LogP contribution in [0.5, 0.6) is 0 Å². The molecule has 0 aromatic heterocycles. The minimum Gasteiger partial charge on any atom is -0.494 e. The number of esters is 2. The molecule has 0 radical (unpaired) electrons. The normalized spacial score (nSPS) is 17.0. The van der Waals surface area contributed by atoms with Crippen molar-refractivity contribution in [2.75, 3.05) is 14.2 Å². The van der Waals surface area contributed by atoms with Gasteiger partial charge in [0, 0.05) is 17.8 Å². The van der Waals surface area contributed by atoms with Crippen molar-refractivity contribution in [2.24, 2.45) is 0 Å². The number of hydrogen-bond donors (Lipinski definition) is 2. The van der Waals surface area contributed by atoms with Gasteiger partial charge in [-0.25, -0.2) is 9.59 Å². The van der Waals surface area contributed by atoms with Gasteiger partial charge >= 0.3 is 11.9 Å². The van der Waals surface area contributed by atoms with E-state index < -0.39 is 28.7 Å². The summed E-state index contributed by atoms with van der Waals surface area (Å²) in [6, 6.07) is 5.43. The van der Waals surface area contributed by atoms with Crippen LogP contribution in [0, 0.1) is 10.1 Å². The van der Waals surface area contributed by atoms with Gasteiger partial charge in [0.2, 0.25) is 0 Å². The van der Waals surface area contributed by atoms with Crippen LogP contribution in [0.25, 0.3) is 0 Å². The Balaban J connectivity index is 2.72. The molecule has 2 N–H and O–H groups in total. The number of nitrogens with zero attached hydrogens (tertiary/aromatic N) is 1. The van der Waals surface area contributed by atoms with E-state index in [1.54, 1.807) is 0 Å². The summed E-state index contributed by atoms with van der Waals surface area (Å²) in [4.78, 5) is 34.8. The van der Waals surface area contributed by atoms with Crippen LogP contribution in [0.15, 0.2) is 47.0 Å². The Morgan fingerprint density at radius 2 is 1.80 bits per heavy atom. The zero-order chi connectivity index (χ0) is 18.7. The minimum absolute atomic E-state index is 0.0428. The molecule has 1 aromatic carbocycles. The zero-order valence-corrected chi connectivity index (χ0v) is 13.7. The van der Waals surface area contributed by atoms with Crippen LogP contribution in [0.4, 0.5) is 5.69 Å². The highest BCUT2D eigenvalue weighted by atomic mass is 16.6. The molecule has 0 aliphatic carbocycles. The Bertz CT molecular complexity index is 772. The number of aliphatic hydroxyl groups is 1. The van der Waals surface area contributed by atoms with Gasteiger partial charge in [-0.1, -0.05) is 12.1 Å². The highest BCUT2D eigenvalue weighted by molar-refractivity contribution is 5.99. The molecule has 0 spiro atoms. The summed E-state index contributed by atoms with van der Waals surface area (Å²) < 4.78 is 9.44. The third-order valence-electron chi connectivity index (χ3n) is 3.77. The van der Waals surface area contributed by atoms with Gasteiger partial charge in [-0.05, 0) is 12.5 Å². The molecule has 25 heavy (non-hydrogen) atoms. The van der Waals surface area contributed by atoms with Gasteiger partial charge in [-0.15, -0.1) is 0 Å². The van der Waals surface area contributed by atoms with Gasteiger partial charge in [0.15, 0.2) is 5.88 Å². The Morgan fingerprint density at radius 1 is 1.20 bits per heavy atom. The van der Waals surface area contributed by atoms with Crippen molar-refractivity contribution in [3.05, 3.63) is 62.7 Å². The van der Waals surface area contributed by atoms with Crippen LogP contribution >= 0.6 is 0 Å². The minimum atomic E-state index is -1.08. The number of methoxy groups -OCH3 is 2. The van der Waals surface area contributed by atoms with E-state index in [2.05, 4.69) is 10.1 Å². The quantitative estimate of drug-likeness (QED) is 0.478. The lowest BCUT2D eigenvalue weighted by Crippen LogP contribution is -2.32. The average Bonchev–Trinajstić information content (AvgIpc) is 2.59. The topological polar surface area (TPSA) is 128 Å². The Kier molecular flexibility index (Phi) is 5.06. The van der Waals surface area contributed by atoms with Crippen LogP contribution in [0.3, 0.4) is 0 Å². The molecule has 2 rings (SSSR count). The molecule has 1 heterocycles. The summed E-state index contributed by atoms with van der Waals surface area (Å²) in [7, 11) is 2.29. The molecule has 0 amide bonds. The van der Waals surface area contributed by atoms with E-state index in [0.717, 1.165) is 7.11 Å². The molecule has 0 saturated carbocycles. The predicted octanol–water partition coefficient (Wildman–Crippen LogP) is 1.67. The molecule has 0 saturated heterocycles. The molecule has 1 aliphatic rings. The standard InChI is InChI=1S/C16H16N2O7/c1-8-11(15(20)24-2)12(13(14(19)17-8)16(21)25-3)9-5-4-6-10(7-9)18(22)23/h4-7,12,17,19H,1-3H3. The van der Waals surface area contributed by atoms with E-state index in [-0.39, 0.29) is 28.1 Å². The molecular formula is C16H16N2O7. The fourth-order valence-electron chi connectivity index (χ4n) is 2.67. The second kappa shape index (κ2) is 7.04. The van der Waals surface area contributed by atoms with E-state index in [1.807, 2.05) is 0 Å². The fraction of sp³-hybridized carbons (Fsp3) is 0.250. The number of carbonyl (C=O) groups is 2. The third-order valence-corrected chi connectivity index (χ3v) is 3.77. The van der Waals surface area contributed by atoms with Crippen molar-refractivity contribution in [1.29, 1.82) is 0 Å². The lowest BCUT2D eigenvalue weighted by Gasteiger charge is -2.28. The van der Waals surface area contributed by atoms with Crippen LogP contribution in [-0.4, -0.2) is 36.2 Å². The molecule has 9 nitrogen and oxygen atoms in total. The number of dihydropyridines is 1. The van der Waals surface area contributed by atoms with Crippen molar-refractivity contribution in [3.63, 3.8) is 0 Å². The monoisotopic (exact) mass is 348 g/mol. The maximum atomic E-state index is 12.2. The maximum Gasteiger partial charge on any atom is 0.340 e. The molecule has 0 fully saturated rings. The first-order valence-corrected chi connectivity index (χ1v) is 7.13. The molecule has 132 valence electrons. The average molecular weight is 348 g/mol. The number of ether oxygens (including phenoxy) is 2. The van der Waals surface area contributed by atoms with Gasteiger partial charge < -0.3 is 19.9 Å². The van der Waals surface area contributed by atoms with E-state index in [1.165, 1.54) is 38.3 Å².